The number of aromatic nitrogens is 2. The second-order valence-corrected chi connectivity index (χ2v) is 11.8. The molecule has 12 nitrogen and oxygen atoms in total. The van der Waals surface area contributed by atoms with Crippen LogP contribution in [-0.4, -0.2) is 69.2 Å². The molecule has 0 aliphatic carbocycles. The summed E-state index contributed by atoms with van der Waals surface area (Å²) in [7, 11) is 0. The van der Waals surface area contributed by atoms with Crippen molar-refractivity contribution in [3.63, 3.8) is 0 Å². The number of likely N-dealkylation sites (tertiary alicyclic amines) is 1. The van der Waals surface area contributed by atoms with E-state index in [-0.39, 0.29) is 41.9 Å². The van der Waals surface area contributed by atoms with Crippen LogP contribution in [0.2, 0.25) is 0 Å². The summed E-state index contributed by atoms with van der Waals surface area (Å²) in [5.74, 6) is -1.91. The van der Waals surface area contributed by atoms with Gasteiger partial charge in [0.15, 0.2) is 0 Å². The number of hydrogen-bond acceptors (Lipinski definition) is 9. The topological polar surface area (TPSA) is 158 Å². The van der Waals surface area contributed by atoms with Crippen molar-refractivity contribution in [3.8, 4) is 0 Å². The molecule has 3 aromatic rings. The average molecular weight is 656 g/mol. The maximum atomic E-state index is 13.9. The molecule has 2 atom stereocenters. The molecule has 2 heterocycles. The number of alkyl halides is 3. The average Bonchev–Trinajstić information content (AvgIpc) is 2.99. The van der Waals surface area contributed by atoms with E-state index in [2.05, 4.69) is 37.8 Å². The van der Waals surface area contributed by atoms with Crippen LogP contribution in [0.1, 0.15) is 43.1 Å². The highest BCUT2D eigenvalue weighted by Gasteiger charge is 2.36. The SMILES string of the molecule is C=CC(=O)Nc1cccc(C(=O)Nc2cccc(Nc3nc(NC[C@@H]4CCN(C(=O)OC(C)(C)C)C[C@@H]4O)ncc3C(F)(F)F)c2)c1. The number of nitrogens with one attached hydrogen (secondary N) is 4. The fourth-order valence-corrected chi connectivity index (χ4v) is 4.65. The molecule has 0 bridgehead atoms. The number of nitrogens with zero attached hydrogens (tertiary/aromatic N) is 3. The van der Waals surface area contributed by atoms with E-state index < -0.39 is 47.2 Å². The number of benzene rings is 2. The summed E-state index contributed by atoms with van der Waals surface area (Å²) < 4.78 is 47.0. The lowest BCUT2D eigenvalue weighted by atomic mass is 9.94. The Balaban J connectivity index is 1.43. The van der Waals surface area contributed by atoms with E-state index in [9.17, 15) is 32.7 Å². The van der Waals surface area contributed by atoms with Crippen molar-refractivity contribution in [1.82, 2.24) is 14.9 Å². The van der Waals surface area contributed by atoms with Crippen LogP contribution in [-0.2, 0) is 15.7 Å². The van der Waals surface area contributed by atoms with Crippen LogP contribution < -0.4 is 21.3 Å². The minimum absolute atomic E-state index is 0.0477. The smallest absolute Gasteiger partial charge is 0.421 e. The number of aliphatic hydroxyl groups excluding tert-OH is 1. The minimum Gasteiger partial charge on any atom is -0.444 e. The summed E-state index contributed by atoms with van der Waals surface area (Å²) >= 11 is 0. The molecule has 0 saturated carbocycles. The Morgan fingerprint density at radius 2 is 1.74 bits per heavy atom. The Labute approximate surface area is 269 Å². The molecule has 0 radical (unpaired) electrons. The third-order valence-electron chi connectivity index (χ3n) is 6.95. The molecule has 2 aromatic carbocycles. The number of carbonyl (C=O) groups excluding carboxylic acids is 3. The number of aliphatic hydroxyl groups is 1. The lowest BCUT2D eigenvalue weighted by Crippen LogP contribution is -2.49. The summed E-state index contributed by atoms with van der Waals surface area (Å²) in [4.78, 5) is 46.1. The van der Waals surface area contributed by atoms with Crippen molar-refractivity contribution < 1.29 is 37.4 Å². The summed E-state index contributed by atoms with van der Waals surface area (Å²) in [5, 5.41) is 21.5. The first kappa shape index (κ1) is 34.7. The quantitative estimate of drug-likeness (QED) is 0.184. The Bertz CT molecular complexity index is 1630. The monoisotopic (exact) mass is 655 g/mol. The number of amides is 3. The maximum absolute atomic E-state index is 13.9. The zero-order valence-electron chi connectivity index (χ0n) is 26.0. The highest BCUT2D eigenvalue weighted by Crippen LogP contribution is 2.35. The molecule has 1 aliphatic rings. The van der Waals surface area contributed by atoms with Crippen molar-refractivity contribution in [2.75, 3.05) is 40.9 Å². The van der Waals surface area contributed by atoms with Crippen LogP contribution >= 0.6 is 0 Å². The Morgan fingerprint density at radius 3 is 2.40 bits per heavy atom. The Hall–Kier alpha value is -5.18. The van der Waals surface area contributed by atoms with Gasteiger partial charge in [-0.1, -0.05) is 18.7 Å². The van der Waals surface area contributed by atoms with Crippen molar-refractivity contribution in [1.29, 1.82) is 0 Å². The molecule has 15 heteroatoms. The third-order valence-corrected chi connectivity index (χ3v) is 6.95. The summed E-state index contributed by atoms with van der Waals surface area (Å²) in [6.07, 6.45) is -4.04. The molecule has 0 spiro atoms. The van der Waals surface area contributed by atoms with Crippen LogP contribution in [0, 0.1) is 5.92 Å². The fourth-order valence-electron chi connectivity index (χ4n) is 4.65. The van der Waals surface area contributed by atoms with Gasteiger partial charge in [0.2, 0.25) is 11.9 Å². The lowest BCUT2D eigenvalue weighted by Gasteiger charge is -2.36. The predicted molar refractivity (Wildman–Crippen MR) is 170 cm³/mol. The number of carbonyl (C=O) groups is 3. The first-order valence-corrected chi connectivity index (χ1v) is 14.7. The summed E-state index contributed by atoms with van der Waals surface area (Å²) in [5.41, 5.74) is -0.686. The second-order valence-electron chi connectivity index (χ2n) is 11.8. The zero-order valence-corrected chi connectivity index (χ0v) is 26.0. The number of ether oxygens (including phenoxy) is 1. The minimum atomic E-state index is -4.77. The van der Waals surface area contributed by atoms with Crippen molar-refractivity contribution >= 4 is 46.7 Å². The molecular formula is C32H36F3N7O5. The molecule has 250 valence electrons. The van der Waals surface area contributed by atoms with Gasteiger partial charge in [0.05, 0.1) is 12.6 Å². The normalized spacial score (nSPS) is 16.5. The van der Waals surface area contributed by atoms with E-state index >= 15 is 0 Å². The van der Waals surface area contributed by atoms with Gasteiger partial charge in [-0.05, 0) is 69.7 Å². The number of β-amino-alcohol motifs (C(OH)–C–C–N with tert-alkyl or cyclic N) is 1. The van der Waals surface area contributed by atoms with Gasteiger partial charge in [-0.25, -0.2) is 9.78 Å². The molecule has 1 aliphatic heterocycles. The number of piperidine rings is 1. The molecule has 5 N–H and O–H groups in total. The molecule has 1 saturated heterocycles. The van der Waals surface area contributed by atoms with Gasteiger partial charge in [0.25, 0.3) is 5.91 Å². The molecule has 4 rings (SSSR count). The van der Waals surface area contributed by atoms with E-state index in [4.69, 9.17) is 4.74 Å². The van der Waals surface area contributed by atoms with Crippen molar-refractivity contribution in [3.05, 3.63) is 78.5 Å². The number of anilines is 5. The van der Waals surface area contributed by atoms with Crippen LogP contribution in [0.15, 0.2) is 67.4 Å². The van der Waals surface area contributed by atoms with Crippen LogP contribution in [0.3, 0.4) is 0 Å². The van der Waals surface area contributed by atoms with Gasteiger partial charge in [-0.15, -0.1) is 0 Å². The molecule has 47 heavy (non-hydrogen) atoms. The van der Waals surface area contributed by atoms with Crippen molar-refractivity contribution in [2.45, 2.75) is 45.1 Å². The van der Waals surface area contributed by atoms with Gasteiger partial charge >= 0.3 is 12.3 Å². The third kappa shape index (κ3) is 9.90. The lowest BCUT2D eigenvalue weighted by molar-refractivity contribution is -0.137. The summed E-state index contributed by atoms with van der Waals surface area (Å²) in [6.45, 7) is 9.15. The van der Waals surface area contributed by atoms with E-state index in [1.54, 1.807) is 39.0 Å². The number of halogens is 3. The van der Waals surface area contributed by atoms with Gasteiger partial charge in [0, 0.05) is 47.8 Å². The summed E-state index contributed by atoms with van der Waals surface area (Å²) in [6, 6.07) is 12.2. The largest absolute Gasteiger partial charge is 0.444 e. The number of hydrogen-bond donors (Lipinski definition) is 5. The standard InChI is InChI=1S/C32H36F3N7O5/c1-5-26(44)38-21-9-6-8-19(14-21)28(45)40-23-11-7-10-22(15-23)39-27-24(32(33,34)35)17-37-29(41-27)36-16-20-12-13-42(18-25(20)43)30(46)47-31(2,3)4/h5-11,14-15,17,20,25,43H,1,12-13,16,18H2,2-4H3,(H,38,44)(H,40,45)(H2,36,37,39,41)/t20-,25-/m0/s1. The van der Waals surface area contributed by atoms with Gasteiger partial charge < -0.3 is 36.0 Å². The van der Waals surface area contributed by atoms with E-state index in [1.807, 2.05) is 0 Å². The second kappa shape index (κ2) is 14.5. The van der Waals surface area contributed by atoms with E-state index in [0.29, 0.717) is 24.8 Å². The van der Waals surface area contributed by atoms with Crippen LogP contribution in [0.4, 0.5) is 46.8 Å². The molecule has 1 fully saturated rings. The van der Waals surface area contributed by atoms with Gasteiger partial charge in [0.1, 0.15) is 17.0 Å². The van der Waals surface area contributed by atoms with Crippen molar-refractivity contribution in [2.24, 2.45) is 5.92 Å². The zero-order chi connectivity index (χ0) is 34.4. The van der Waals surface area contributed by atoms with Gasteiger partial charge in [-0.3, -0.25) is 9.59 Å². The Morgan fingerprint density at radius 1 is 1.06 bits per heavy atom. The first-order valence-electron chi connectivity index (χ1n) is 14.7. The fraction of sp³-hybridized carbons (Fsp3) is 0.344. The molecule has 3 amide bonds. The highest BCUT2D eigenvalue weighted by molar-refractivity contribution is 6.06. The number of rotatable bonds is 9. The maximum Gasteiger partial charge on any atom is 0.421 e. The van der Waals surface area contributed by atoms with E-state index in [0.717, 1.165) is 6.08 Å². The Kier molecular flexibility index (Phi) is 10.7. The highest BCUT2D eigenvalue weighted by atomic mass is 19.4. The predicted octanol–water partition coefficient (Wildman–Crippen LogP) is 5.65. The van der Waals surface area contributed by atoms with Gasteiger partial charge in [-0.2, -0.15) is 18.2 Å². The first-order chi connectivity index (χ1) is 22.1. The van der Waals surface area contributed by atoms with Crippen LogP contribution in [0.5, 0.6) is 0 Å². The molecule has 0 unspecified atom stereocenters. The van der Waals surface area contributed by atoms with E-state index in [1.165, 1.54) is 35.2 Å². The molecular weight excluding hydrogens is 619 g/mol. The van der Waals surface area contributed by atoms with Crippen LogP contribution in [0.25, 0.3) is 0 Å². The molecule has 1 aromatic heterocycles.